The maximum atomic E-state index is 13.4. The summed E-state index contributed by atoms with van der Waals surface area (Å²) in [4.78, 5) is 25.4. The van der Waals surface area contributed by atoms with Crippen LogP contribution in [-0.4, -0.2) is 88.1 Å². The standard InChI is InChI=1S/C45H57ClN6O4Si/c1-44(2)16-14-34(38(26-44)32-8-10-35(46)11-9-32)27-49-18-20-50(21-19-49)36-12-13-37(43(53)54-4)39(25-36)52-29-45(3,28-47)30-56-42-40(52)24-33-15-17-51(41(33)48-42)31-55-22-23-57(5,6)7/h8-13,15,17,24-25H,14,16,18-23,26-27,29-31H2,1-7H3. The molecular formula is C45H57ClN6O4Si. The highest BCUT2D eigenvalue weighted by atomic mass is 35.5. The fourth-order valence-corrected chi connectivity index (χ4v) is 9.02. The smallest absolute Gasteiger partial charge is 0.339 e. The Labute approximate surface area is 344 Å². The SMILES string of the molecule is COC(=O)c1ccc(N2CCN(CC3=C(c4ccc(Cl)cc4)CC(C)(C)CC3)CC2)cc1N1CC(C)(C#N)COc2nc3c(ccn3COCC[Si](C)(C)C)cc21. The van der Waals surface area contributed by atoms with Gasteiger partial charge in [-0.15, -0.1) is 0 Å². The van der Waals surface area contributed by atoms with Crippen LogP contribution in [0.3, 0.4) is 0 Å². The molecular weight excluding hydrogens is 752 g/mol. The van der Waals surface area contributed by atoms with Gasteiger partial charge in [0.1, 0.15) is 30.1 Å². The lowest BCUT2D eigenvalue weighted by atomic mass is 9.72. The van der Waals surface area contributed by atoms with E-state index in [1.54, 1.807) is 0 Å². The predicted octanol–water partition coefficient (Wildman–Crippen LogP) is 9.63. The summed E-state index contributed by atoms with van der Waals surface area (Å²) < 4.78 is 19.7. The number of methoxy groups -OCH3 is 1. The number of nitriles is 1. The Bertz CT molecular complexity index is 2180. The maximum Gasteiger partial charge on any atom is 0.339 e. The molecule has 0 bridgehead atoms. The zero-order valence-corrected chi connectivity index (χ0v) is 36.4. The molecule has 4 heterocycles. The number of piperazine rings is 1. The van der Waals surface area contributed by atoms with E-state index in [0.29, 0.717) is 42.7 Å². The Hall–Kier alpha value is -4.34. The molecule has 57 heavy (non-hydrogen) atoms. The van der Waals surface area contributed by atoms with E-state index in [9.17, 15) is 10.1 Å². The zero-order chi connectivity index (χ0) is 40.5. The van der Waals surface area contributed by atoms with Crippen molar-refractivity contribution in [1.29, 1.82) is 5.26 Å². The summed E-state index contributed by atoms with van der Waals surface area (Å²) in [7, 11) is 0.180. The lowest BCUT2D eigenvalue weighted by Gasteiger charge is -2.39. The summed E-state index contributed by atoms with van der Waals surface area (Å²) in [5.41, 5.74) is 7.20. The second-order valence-corrected chi connectivity index (χ2v) is 24.4. The van der Waals surface area contributed by atoms with Crippen LogP contribution < -0.4 is 14.5 Å². The highest BCUT2D eigenvalue weighted by molar-refractivity contribution is 6.76. The summed E-state index contributed by atoms with van der Waals surface area (Å²) in [5.74, 6) is -0.0282. The molecule has 2 aromatic heterocycles. The number of halogens is 1. The van der Waals surface area contributed by atoms with Crippen molar-refractivity contribution in [3.8, 4) is 11.9 Å². The number of rotatable bonds is 11. The zero-order valence-electron chi connectivity index (χ0n) is 34.7. The highest BCUT2D eigenvalue weighted by Gasteiger charge is 2.37. The van der Waals surface area contributed by atoms with Crippen molar-refractivity contribution < 1.29 is 19.0 Å². The van der Waals surface area contributed by atoms with Crippen LogP contribution in [-0.2, 0) is 16.2 Å². The van der Waals surface area contributed by atoms with Gasteiger partial charge in [-0.3, -0.25) is 4.90 Å². The third-order valence-corrected chi connectivity index (χ3v) is 13.7. The molecule has 1 unspecified atom stereocenters. The first-order chi connectivity index (χ1) is 27.1. The van der Waals surface area contributed by atoms with E-state index in [0.717, 1.165) is 73.4 Å². The molecule has 3 aliphatic rings. The number of nitrogens with zero attached hydrogens (tertiary/aromatic N) is 6. The maximum absolute atomic E-state index is 13.4. The first-order valence-electron chi connectivity index (χ1n) is 20.2. The van der Waals surface area contributed by atoms with Gasteiger partial charge in [0.25, 0.3) is 0 Å². The number of carbonyl (C=O) groups excluding carboxylic acids is 1. The van der Waals surface area contributed by atoms with Crippen molar-refractivity contribution in [2.75, 3.05) is 69.4 Å². The predicted molar refractivity (Wildman–Crippen MR) is 232 cm³/mol. The van der Waals surface area contributed by atoms with Crippen molar-refractivity contribution in [3.63, 3.8) is 0 Å². The van der Waals surface area contributed by atoms with Crippen LogP contribution >= 0.6 is 11.6 Å². The summed E-state index contributed by atoms with van der Waals surface area (Å²) >= 11 is 6.27. The molecule has 7 rings (SSSR count). The van der Waals surface area contributed by atoms with Gasteiger partial charge in [-0.1, -0.05) is 62.8 Å². The molecule has 0 amide bonds. The summed E-state index contributed by atoms with van der Waals surface area (Å²) in [6.45, 7) is 19.7. The van der Waals surface area contributed by atoms with Gasteiger partial charge in [0.05, 0.1) is 24.4 Å². The van der Waals surface area contributed by atoms with E-state index in [-0.39, 0.29) is 12.0 Å². The average molecular weight is 810 g/mol. The van der Waals surface area contributed by atoms with Crippen LogP contribution in [0, 0.1) is 22.2 Å². The Morgan fingerprint density at radius 3 is 2.47 bits per heavy atom. The van der Waals surface area contributed by atoms with E-state index in [2.05, 4.69) is 67.6 Å². The number of esters is 1. The van der Waals surface area contributed by atoms with Crippen molar-refractivity contribution in [2.24, 2.45) is 10.8 Å². The third-order valence-electron chi connectivity index (χ3n) is 11.7. The number of anilines is 3. The molecule has 4 aromatic rings. The molecule has 1 fully saturated rings. The second kappa shape index (κ2) is 16.5. The molecule has 302 valence electrons. The first kappa shape index (κ1) is 40.8. The van der Waals surface area contributed by atoms with E-state index in [1.165, 1.54) is 30.2 Å². The van der Waals surface area contributed by atoms with E-state index in [1.807, 2.05) is 59.0 Å². The number of hydrogen-bond acceptors (Lipinski definition) is 9. The van der Waals surface area contributed by atoms with Crippen molar-refractivity contribution >= 4 is 59.3 Å². The van der Waals surface area contributed by atoms with Gasteiger partial charge < -0.3 is 28.6 Å². The lowest BCUT2D eigenvalue weighted by Crippen LogP contribution is -2.47. The summed E-state index contributed by atoms with van der Waals surface area (Å²) in [6, 6.07) is 21.9. The van der Waals surface area contributed by atoms with E-state index in [4.69, 9.17) is 30.8 Å². The number of benzene rings is 2. The molecule has 1 atom stereocenters. The van der Waals surface area contributed by atoms with E-state index < -0.39 is 19.5 Å². The van der Waals surface area contributed by atoms with Crippen LogP contribution in [0.4, 0.5) is 17.1 Å². The average Bonchev–Trinajstić information content (AvgIpc) is 3.52. The fourth-order valence-electron chi connectivity index (χ4n) is 8.14. The van der Waals surface area contributed by atoms with Crippen molar-refractivity contribution in [2.45, 2.75) is 72.4 Å². The normalized spacial score (nSPS) is 20.2. The quantitative estimate of drug-likeness (QED) is 0.0834. The number of carbonyl (C=O) groups is 1. The molecule has 1 saturated heterocycles. The number of allylic oxidation sites excluding steroid dienone is 1. The minimum atomic E-state index is -1.22. The van der Waals surface area contributed by atoms with Crippen LogP contribution in [0.15, 0.2) is 66.4 Å². The van der Waals surface area contributed by atoms with Gasteiger partial charge in [0.15, 0.2) is 0 Å². The van der Waals surface area contributed by atoms with Crippen LogP contribution in [0.5, 0.6) is 5.88 Å². The largest absolute Gasteiger partial charge is 0.474 e. The number of pyridine rings is 1. The van der Waals surface area contributed by atoms with Gasteiger partial charge >= 0.3 is 5.97 Å². The van der Waals surface area contributed by atoms with Crippen molar-refractivity contribution in [1.82, 2.24) is 14.5 Å². The van der Waals surface area contributed by atoms with Crippen LogP contribution in [0.2, 0.25) is 30.7 Å². The van der Waals surface area contributed by atoms with Crippen LogP contribution in [0.1, 0.15) is 56.0 Å². The minimum absolute atomic E-state index is 0.155. The Balaban J connectivity index is 1.16. The molecule has 2 aliphatic heterocycles. The molecule has 1 aliphatic carbocycles. The summed E-state index contributed by atoms with van der Waals surface area (Å²) in [6.07, 6.45) is 5.34. The molecule has 0 spiro atoms. The molecule has 0 radical (unpaired) electrons. The second-order valence-electron chi connectivity index (χ2n) is 18.3. The topological polar surface area (TPSA) is 96.1 Å². The first-order valence-corrected chi connectivity index (χ1v) is 24.3. The number of ether oxygens (including phenoxy) is 3. The molecule has 12 heteroatoms. The number of fused-ring (bicyclic) bond motifs is 2. The van der Waals surface area contributed by atoms with Crippen LogP contribution in [0.25, 0.3) is 16.6 Å². The summed E-state index contributed by atoms with van der Waals surface area (Å²) in [5, 5.41) is 12.1. The lowest BCUT2D eigenvalue weighted by molar-refractivity contribution is 0.0601. The molecule has 0 N–H and O–H groups in total. The molecule has 2 aromatic carbocycles. The highest BCUT2D eigenvalue weighted by Crippen LogP contribution is 2.45. The van der Waals surface area contributed by atoms with Gasteiger partial charge in [-0.2, -0.15) is 10.2 Å². The Kier molecular flexibility index (Phi) is 11.8. The minimum Gasteiger partial charge on any atom is -0.474 e. The van der Waals surface area contributed by atoms with Crippen molar-refractivity contribution in [3.05, 3.63) is 82.5 Å². The Morgan fingerprint density at radius 1 is 1.02 bits per heavy atom. The Morgan fingerprint density at radius 2 is 1.77 bits per heavy atom. The molecule has 0 saturated carbocycles. The van der Waals surface area contributed by atoms with Gasteiger partial charge in [0, 0.05) is 76.2 Å². The van der Waals surface area contributed by atoms with Gasteiger partial charge in [-0.25, -0.2) is 4.79 Å². The molecule has 10 nitrogen and oxygen atoms in total. The number of aromatic nitrogens is 2. The van der Waals surface area contributed by atoms with Gasteiger partial charge in [0.2, 0.25) is 5.88 Å². The van der Waals surface area contributed by atoms with Gasteiger partial charge in [-0.05, 0) is 91.2 Å². The fraction of sp³-hybridized carbons (Fsp3) is 0.489. The van der Waals surface area contributed by atoms with E-state index >= 15 is 0 Å². The third kappa shape index (κ3) is 9.36. The monoisotopic (exact) mass is 808 g/mol. The number of hydrogen-bond donors (Lipinski definition) is 0.